The lowest BCUT2D eigenvalue weighted by Crippen LogP contribution is -2.33. The molecule has 116 valence electrons. The Bertz CT molecular complexity index is 343. The van der Waals surface area contributed by atoms with Gasteiger partial charge in [0, 0.05) is 6.42 Å². The van der Waals surface area contributed by atoms with Crippen molar-refractivity contribution in [3.63, 3.8) is 0 Å². The third kappa shape index (κ3) is 5.93. The van der Waals surface area contributed by atoms with Gasteiger partial charge in [-0.15, -0.1) is 0 Å². The van der Waals surface area contributed by atoms with Gasteiger partial charge in [-0.05, 0) is 51.9 Å². The molecule has 4 nitrogen and oxygen atoms in total. The molecule has 20 heavy (non-hydrogen) atoms. The van der Waals surface area contributed by atoms with E-state index >= 15 is 0 Å². The van der Waals surface area contributed by atoms with Gasteiger partial charge in [0.1, 0.15) is 5.60 Å². The van der Waals surface area contributed by atoms with E-state index in [-0.39, 0.29) is 18.3 Å². The summed E-state index contributed by atoms with van der Waals surface area (Å²) in [6.07, 6.45) is 5.13. The molecule has 4 heteroatoms. The molecular formula is C16H28O4. The Labute approximate surface area is 121 Å². The Morgan fingerprint density at radius 2 is 1.95 bits per heavy atom. The van der Waals surface area contributed by atoms with Crippen LogP contribution in [0, 0.1) is 17.8 Å². The molecule has 0 heterocycles. The number of ether oxygens (including phenoxy) is 1. The number of esters is 1. The first kappa shape index (κ1) is 17.0. The normalized spacial score (nSPS) is 25.0. The molecule has 3 unspecified atom stereocenters. The number of carbonyl (C=O) groups is 2. The van der Waals surface area contributed by atoms with E-state index in [9.17, 15) is 9.59 Å². The first-order valence-electron chi connectivity index (χ1n) is 7.63. The average Bonchev–Trinajstić information content (AvgIpc) is 2.33. The van der Waals surface area contributed by atoms with Crippen molar-refractivity contribution in [1.29, 1.82) is 0 Å². The van der Waals surface area contributed by atoms with E-state index in [2.05, 4.69) is 0 Å². The summed E-state index contributed by atoms with van der Waals surface area (Å²) in [7, 11) is 0. The molecule has 1 saturated carbocycles. The van der Waals surface area contributed by atoms with Crippen molar-refractivity contribution in [3.05, 3.63) is 0 Å². The van der Waals surface area contributed by atoms with Gasteiger partial charge in [-0.25, -0.2) is 0 Å². The highest BCUT2D eigenvalue weighted by Gasteiger charge is 2.32. The minimum atomic E-state index is -0.729. The lowest BCUT2D eigenvalue weighted by atomic mass is 9.74. The fourth-order valence-electron chi connectivity index (χ4n) is 2.96. The summed E-state index contributed by atoms with van der Waals surface area (Å²) in [5.74, 6) is -0.178. The topological polar surface area (TPSA) is 63.6 Å². The van der Waals surface area contributed by atoms with E-state index in [0.717, 1.165) is 32.1 Å². The number of hydrogen-bond donors (Lipinski definition) is 1. The summed E-state index contributed by atoms with van der Waals surface area (Å²) in [5.41, 5.74) is -0.442. The van der Waals surface area contributed by atoms with Crippen LogP contribution in [0.4, 0.5) is 0 Å². The van der Waals surface area contributed by atoms with Gasteiger partial charge >= 0.3 is 11.9 Å². The maximum atomic E-state index is 12.1. The Hall–Kier alpha value is -1.06. The second kappa shape index (κ2) is 7.09. The van der Waals surface area contributed by atoms with Gasteiger partial charge in [0.05, 0.1) is 5.92 Å². The Morgan fingerprint density at radius 3 is 2.50 bits per heavy atom. The summed E-state index contributed by atoms with van der Waals surface area (Å²) in [4.78, 5) is 22.8. The van der Waals surface area contributed by atoms with Crippen molar-refractivity contribution in [2.24, 2.45) is 17.8 Å². The molecule has 1 N–H and O–H groups in total. The van der Waals surface area contributed by atoms with Gasteiger partial charge in [0.15, 0.2) is 0 Å². The third-order valence-corrected chi connectivity index (χ3v) is 4.08. The quantitative estimate of drug-likeness (QED) is 0.783. The van der Waals surface area contributed by atoms with Gasteiger partial charge in [-0.3, -0.25) is 9.59 Å². The van der Waals surface area contributed by atoms with E-state index in [1.807, 2.05) is 27.7 Å². The summed E-state index contributed by atoms with van der Waals surface area (Å²) < 4.78 is 5.45. The average molecular weight is 284 g/mol. The van der Waals surface area contributed by atoms with Crippen LogP contribution in [0.5, 0.6) is 0 Å². The summed E-state index contributed by atoms with van der Waals surface area (Å²) >= 11 is 0. The minimum absolute atomic E-state index is 0.0955. The minimum Gasteiger partial charge on any atom is -0.481 e. The van der Waals surface area contributed by atoms with Gasteiger partial charge in [-0.1, -0.05) is 19.8 Å². The zero-order valence-corrected chi connectivity index (χ0v) is 13.1. The highest BCUT2D eigenvalue weighted by Crippen LogP contribution is 2.36. The van der Waals surface area contributed by atoms with E-state index in [1.54, 1.807) is 0 Å². The lowest BCUT2D eigenvalue weighted by Gasteiger charge is -2.33. The molecule has 1 rings (SSSR count). The van der Waals surface area contributed by atoms with Crippen LogP contribution in [0.25, 0.3) is 0 Å². The summed E-state index contributed by atoms with van der Waals surface area (Å²) in [6.45, 7) is 7.59. The number of carbonyl (C=O) groups excluding carboxylic acids is 1. The number of carboxylic acid groups (broad SMARTS) is 1. The molecule has 0 amide bonds. The molecule has 0 aromatic rings. The van der Waals surface area contributed by atoms with Crippen molar-refractivity contribution >= 4 is 11.9 Å². The van der Waals surface area contributed by atoms with Crippen LogP contribution in [0.15, 0.2) is 0 Å². The standard InChI is InChI=1S/C16H28O4/c1-11(15(19)20-16(2,3)4)13-7-5-6-12(10-13)8-9-14(17)18/h11-13H,5-10H2,1-4H3,(H,17,18). The van der Waals surface area contributed by atoms with Crippen molar-refractivity contribution < 1.29 is 19.4 Å². The SMILES string of the molecule is CC(C(=O)OC(C)(C)C)C1CCCC(CCC(=O)O)C1. The van der Waals surface area contributed by atoms with Gasteiger partial charge < -0.3 is 9.84 Å². The predicted octanol–water partition coefficient (Wildman–Crippen LogP) is 3.64. The molecule has 0 radical (unpaired) electrons. The van der Waals surface area contributed by atoms with E-state index in [0.29, 0.717) is 11.8 Å². The maximum Gasteiger partial charge on any atom is 0.309 e. The fraction of sp³-hybridized carbons (Fsp3) is 0.875. The molecular weight excluding hydrogens is 256 g/mol. The molecule has 0 saturated heterocycles. The van der Waals surface area contributed by atoms with Crippen LogP contribution in [-0.2, 0) is 14.3 Å². The molecule has 0 bridgehead atoms. The van der Waals surface area contributed by atoms with Crippen LogP contribution in [0.1, 0.15) is 66.2 Å². The third-order valence-electron chi connectivity index (χ3n) is 4.08. The highest BCUT2D eigenvalue weighted by molar-refractivity contribution is 5.72. The van der Waals surface area contributed by atoms with Crippen LogP contribution in [-0.4, -0.2) is 22.6 Å². The highest BCUT2D eigenvalue weighted by atomic mass is 16.6. The maximum absolute atomic E-state index is 12.1. The summed E-state index contributed by atoms with van der Waals surface area (Å²) in [5, 5.41) is 8.76. The summed E-state index contributed by atoms with van der Waals surface area (Å²) in [6, 6.07) is 0. The number of hydrogen-bond acceptors (Lipinski definition) is 3. The fourth-order valence-corrected chi connectivity index (χ4v) is 2.96. The molecule has 0 aromatic carbocycles. The van der Waals surface area contributed by atoms with E-state index in [4.69, 9.17) is 9.84 Å². The van der Waals surface area contributed by atoms with Gasteiger partial charge in [-0.2, -0.15) is 0 Å². The zero-order valence-electron chi connectivity index (χ0n) is 13.1. The van der Waals surface area contributed by atoms with Crippen LogP contribution >= 0.6 is 0 Å². The van der Waals surface area contributed by atoms with Crippen molar-refractivity contribution in [3.8, 4) is 0 Å². The second-order valence-corrected chi connectivity index (χ2v) is 7.05. The molecule has 0 spiro atoms. The molecule has 1 aliphatic rings. The Kier molecular flexibility index (Phi) is 6.03. The zero-order chi connectivity index (χ0) is 15.3. The largest absolute Gasteiger partial charge is 0.481 e. The van der Waals surface area contributed by atoms with Crippen LogP contribution in [0.2, 0.25) is 0 Å². The van der Waals surface area contributed by atoms with Crippen molar-refractivity contribution in [2.45, 2.75) is 71.8 Å². The first-order valence-corrected chi connectivity index (χ1v) is 7.63. The Balaban J connectivity index is 2.49. The Morgan fingerprint density at radius 1 is 1.30 bits per heavy atom. The number of rotatable bonds is 5. The molecule has 1 fully saturated rings. The molecule has 1 aliphatic carbocycles. The molecule has 0 aliphatic heterocycles. The predicted molar refractivity (Wildman–Crippen MR) is 77.3 cm³/mol. The van der Waals surface area contributed by atoms with Crippen molar-refractivity contribution in [1.82, 2.24) is 0 Å². The van der Waals surface area contributed by atoms with E-state index in [1.165, 1.54) is 0 Å². The van der Waals surface area contributed by atoms with Crippen molar-refractivity contribution in [2.75, 3.05) is 0 Å². The molecule has 3 atom stereocenters. The van der Waals surface area contributed by atoms with Crippen LogP contribution in [0.3, 0.4) is 0 Å². The second-order valence-electron chi connectivity index (χ2n) is 7.05. The number of carboxylic acids is 1. The number of aliphatic carboxylic acids is 1. The monoisotopic (exact) mass is 284 g/mol. The van der Waals surface area contributed by atoms with Gasteiger partial charge in [0.25, 0.3) is 0 Å². The molecule has 0 aromatic heterocycles. The lowest BCUT2D eigenvalue weighted by molar-refractivity contribution is -0.162. The van der Waals surface area contributed by atoms with E-state index < -0.39 is 11.6 Å². The smallest absolute Gasteiger partial charge is 0.309 e. The van der Waals surface area contributed by atoms with Crippen LogP contribution < -0.4 is 0 Å². The van der Waals surface area contributed by atoms with Gasteiger partial charge in [0.2, 0.25) is 0 Å². The first-order chi connectivity index (χ1) is 9.19.